The van der Waals surface area contributed by atoms with Gasteiger partial charge in [-0.15, -0.1) is 0 Å². The van der Waals surface area contributed by atoms with Gasteiger partial charge in [0.2, 0.25) is 0 Å². The fourth-order valence-electron chi connectivity index (χ4n) is 1.98. The Balaban J connectivity index is 1.89. The van der Waals surface area contributed by atoms with Crippen molar-refractivity contribution in [3.05, 3.63) is 41.4 Å². The molecule has 0 bridgehead atoms. The Labute approximate surface area is 93.2 Å². The van der Waals surface area contributed by atoms with Crippen LogP contribution in [0.25, 0.3) is 0 Å². The van der Waals surface area contributed by atoms with Crippen LogP contribution in [0.15, 0.2) is 35.7 Å². The molecule has 0 unspecified atom stereocenters. The van der Waals surface area contributed by atoms with E-state index >= 15 is 0 Å². The van der Waals surface area contributed by atoms with Gasteiger partial charge in [-0.25, -0.2) is 9.88 Å². The van der Waals surface area contributed by atoms with Crippen molar-refractivity contribution >= 4 is 22.2 Å². The maximum absolute atomic E-state index is 3.47. The topological polar surface area (TPSA) is 15.9 Å². The maximum Gasteiger partial charge on any atom is 0.339 e. The number of hydrogen-bond donors (Lipinski definition) is 1. The summed E-state index contributed by atoms with van der Waals surface area (Å²) >= 11 is 1.80. The van der Waals surface area contributed by atoms with E-state index in [1.165, 1.54) is 29.4 Å². The number of aromatic nitrogens is 1. The minimum Gasteiger partial charge on any atom is -0.231 e. The van der Waals surface area contributed by atoms with E-state index in [1.807, 2.05) is 6.07 Å². The number of hydrogen-bond acceptors (Lipinski definition) is 2. The van der Waals surface area contributed by atoms with Crippen molar-refractivity contribution in [3.63, 3.8) is 0 Å². The average Bonchev–Trinajstić information content (AvgIpc) is 2.85. The first-order valence-electron chi connectivity index (χ1n) is 5.26. The fourth-order valence-corrected chi connectivity index (χ4v) is 2.99. The molecule has 76 valence electrons. The number of fused-ring (bicyclic) bond motifs is 1. The summed E-state index contributed by atoms with van der Waals surface area (Å²) < 4.78 is 2.39. The molecule has 0 spiro atoms. The third-order valence-corrected chi connectivity index (χ3v) is 3.67. The molecule has 0 aliphatic carbocycles. The van der Waals surface area contributed by atoms with Gasteiger partial charge in [0, 0.05) is 11.8 Å². The van der Waals surface area contributed by atoms with Crippen molar-refractivity contribution in [1.82, 2.24) is 0 Å². The molecule has 0 fully saturated rings. The van der Waals surface area contributed by atoms with E-state index in [1.54, 1.807) is 11.3 Å². The molecule has 2 aromatic rings. The standard InChI is InChI=1S/C12H12N2S/c1-2-5-10(6-3-1)13-12-14-8-4-7-11(14)9-15-12/h1-3,5-6,9H,4,7-8H2/p+1. The van der Waals surface area contributed by atoms with Crippen molar-refractivity contribution in [2.75, 3.05) is 5.32 Å². The lowest BCUT2D eigenvalue weighted by Crippen LogP contribution is -2.32. The number of benzene rings is 1. The highest BCUT2D eigenvalue weighted by Crippen LogP contribution is 2.22. The summed E-state index contributed by atoms with van der Waals surface area (Å²) in [5.41, 5.74) is 2.64. The first kappa shape index (κ1) is 8.92. The van der Waals surface area contributed by atoms with Gasteiger partial charge in [-0.2, -0.15) is 0 Å². The van der Waals surface area contributed by atoms with Gasteiger partial charge in [-0.05, 0) is 18.6 Å². The molecule has 15 heavy (non-hydrogen) atoms. The Morgan fingerprint density at radius 3 is 2.93 bits per heavy atom. The van der Waals surface area contributed by atoms with Crippen LogP contribution in [-0.2, 0) is 13.0 Å². The predicted molar refractivity (Wildman–Crippen MR) is 62.6 cm³/mol. The maximum atomic E-state index is 3.47. The summed E-state index contributed by atoms with van der Waals surface area (Å²) in [5.74, 6) is 0. The lowest BCUT2D eigenvalue weighted by molar-refractivity contribution is -0.672. The molecule has 0 saturated carbocycles. The minimum absolute atomic E-state index is 1.16. The Morgan fingerprint density at radius 1 is 1.20 bits per heavy atom. The van der Waals surface area contributed by atoms with Crippen LogP contribution in [0.1, 0.15) is 12.1 Å². The Hall–Kier alpha value is -1.35. The van der Waals surface area contributed by atoms with Crippen LogP contribution in [0, 0.1) is 0 Å². The zero-order valence-electron chi connectivity index (χ0n) is 8.44. The Bertz CT molecular complexity index is 462. The molecular formula is C12H13N2S+. The molecule has 0 amide bonds. The summed E-state index contributed by atoms with van der Waals surface area (Å²) in [5, 5.41) is 6.99. The fraction of sp³-hybridized carbons (Fsp3) is 0.250. The summed E-state index contributed by atoms with van der Waals surface area (Å²) in [7, 11) is 0. The van der Waals surface area contributed by atoms with E-state index in [2.05, 4.69) is 39.5 Å². The predicted octanol–water partition coefficient (Wildman–Crippen LogP) is 2.73. The Morgan fingerprint density at radius 2 is 2.07 bits per heavy atom. The number of nitrogens with zero attached hydrogens (tertiary/aromatic N) is 1. The number of nitrogens with one attached hydrogen (secondary N) is 1. The second-order valence-electron chi connectivity index (χ2n) is 3.78. The van der Waals surface area contributed by atoms with Gasteiger partial charge >= 0.3 is 5.13 Å². The van der Waals surface area contributed by atoms with Gasteiger partial charge in [0.15, 0.2) is 0 Å². The van der Waals surface area contributed by atoms with Crippen molar-refractivity contribution in [2.24, 2.45) is 0 Å². The molecule has 1 aliphatic heterocycles. The molecule has 2 heterocycles. The number of anilines is 2. The second kappa shape index (κ2) is 3.66. The SMILES string of the molecule is c1ccc(Nc2scc3[n+]2CCC3)cc1. The molecule has 3 rings (SSSR count). The van der Waals surface area contributed by atoms with Crippen LogP contribution in [0.4, 0.5) is 10.8 Å². The first-order chi connectivity index (χ1) is 7.43. The summed E-state index contributed by atoms with van der Waals surface area (Å²) in [4.78, 5) is 0. The number of thiazole rings is 1. The lowest BCUT2D eigenvalue weighted by Gasteiger charge is -1.98. The third-order valence-electron chi connectivity index (χ3n) is 2.74. The molecule has 1 aromatic carbocycles. The van der Waals surface area contributed by atoms with Gasteiger partial charge in [-0.3, -0.25) is 0 Å². The molecule has 0 saturated heterocycles. The third kappa shape index (κ3) is 1.63. The first-order valence-corrected chi connectivity index (χ1v) is 6.14. The smallest absolute Gasteiger partial charge is 0.231 e. The molecular weight excluding hydrogens is 204 g/mol. The van der Waals surface area contributed by atoms with Gasteiger partial charge in [0.05, 0.1) is 6.54 Å². The highest BCUT2D eigenvalue weighted by molar-refractivity contribution is 7.13. The molecule has 1 aliphatic rings. The van der Waals surface area contributed by atoms with Crippen LogP contribution in [0.2, 0.25) is 0 Å². The zero-order chi connectivity index (χ0) is 10.1. The van der Waals surface area contributed by atoms with Crippen LogP contribution < -0.4 is 9.88 Å². The van der Waals surface area contributed by atoms with Gasteiger partial charge in [0.25, 0.3) is 0 Å². The van der Waals surface area contributed by atoms with E-state index in [4.69, 9.17) is 0 Å². The van der Waals surface area contributed by atoms with E-state index in [0.29, 0.717) is 0 Å². The van der Waals surface area contributed by atoms with Crippen LogP contribution in [-0.4, -0.2) is 0 Å². The summed E-state index contributed by atoms with van der Waals surface area (Å²) in [6.45, 7) is 1.16. The van der Waals surface area contributed by atoms with Gasteiger partial charge < -0.3 is 0 Å². The van der Waals surface area contributed by atoms with Crippen molar-refractivity contribution < 1.29 is 4.57 Å². The molecule has 0 radical (unpaired) electrons. The molecule has 1 N–H and O–H groups in total. The van der Waals surface area contributed by atoms with Crippen molar-refractivity contribution in [1.29, 1.82) is 0 Å². The van der Waals surface area contributed by atoms with Crippen molar-refractivity contribution in [3.8, 4) is 0 Å². The van der Waals surface area contributed by atoms with Crippen LogP contribution in [0.5, 0.6) is 0 Å². The monoisotopic (exact) mass is 217 g/mol. The van der Waals surface area contributed by atoms with E-state index in [-0.39, 0.29) is 0 Å². The minimum atomic E-state index is 1.16. The second-order valence-corrected chi connectivity index (χ2v) is 4.64. The quantitative estimate of drug-likeness (QED) is 0.765. The lowest BCUT2D eigenvalue weighted by atomic mass is 10.3. The largest absolute Gasteiger partial charge is 0.339 e. The normalized spacial score (nSPS) is 13.9. The van der Waals surface area contributed by atoms with E-state index < -0.39 is 0 Å². The molecule has 1 aromatic heterocycles. The van der Waals surface area contributed by atoms with Gasteiger partial charge in [0.1, 0.15) is 11.4 Å². The average molecular weight is 217 g/mol. The van der Waals surface area contributed by atoms with Crippen LogP contribution >= 0.6 is 11.3 Å². The number of para-hydroxylation sites is 1. The molecule has 0 atom stereocenters. The number of aryl methyl sites for hydroxylation is 1. The Kier molecular flexibility index (Phi) is 2.18. The summed E-state index contributed by atoms with van der Waals surface area (Å²) in [6, 6.07) is 10.3. The van der Waals surface area contributed by atoms with Gasteiger partial charge in [-0.1, -0.05) is 29.5 Å². The molecule has 2 nitrogen and oxygen atoms in total. The molecule has 3 heteroatoms. The number of rotatable bonds is 2. The van der Waals surface area contributed by atoms with Crippen LogP contribution in [0.3, 0.4) is 0 Å². The highest BCUT2D eigenvalue weighted by Gasteiger charge is 2.22. The van der Waals surface area contributed by atoms with E-state index in [9.17, 15) is 0 Å². The highest BCUT2D eigenvalue weighted by atomic mass is 32.1. The van der Waals surface area contributed by atoms with E-state index in [0.717, 1.165) is 6.54 Å². The van der Waals surface area contributed by atoms with Crippen molar-refractivity contribution in [2.45, 2.75) is 19.4 Å². The zero-order valence-corrected chi connectivity index (χ0v) is 9.26. The summed E-state index contributed by atoms with van der Waals surface area (Å²) in [6.07, 6.45) is 2.51.